The molecule has 0 aromatic heterocycles. The van der Waals surface area contributed by atoms with E-state index in [1.165, 1.54) is 88.4 Å². The fourth-order valence-electron chi connectivity index (χ4n) is 12.9. The number of benzene rings is 1. The molecule has 4 saturated carbocycles. The Balaban J connectivity index is 1.07. The van der Waals surface area contributed by atoms with E-state index in [9.17, 15) is 9.90 Å². The Hall–Kier alpha value is -1.69. The smallest absolute Gasteiger partial charge is 0.335 e. The molecule has 0 amide bonds. The van der Waals surface area contributed by atoms with E-state index in [0.717, 1.165) is 56.4 Å². The number of hydrogen-bond donors (Lipinski definition) is 2. The van der Waals surface area contributed by atoms with Crippen LogP contribution in [0.25, 0.3) is 5.57 Å². The third-order valence-corrected chi connectivity index (χ3v) is 14.8. The van der Waals surface area contributed by atoms with Crippen LogP contribution in [0.5, 0.6) is 0 Å². The highest BCUT2D eigenvalue weighted by Gasteiger charge is 2.65. The van der Waals surface area contributed by atoms with E-state index in [2.05, 4.69) is 44.0 Å². The average Bonchev–Trinajstić information content (AvgIpc) is 3.44. The maximum absolute atomic E-state index is 11.5. The van der Waals surface area contributed by atoms with Crippen molar-refractivity contribution >= 4 is 11.5 Å². The van der Waals surface area contributed by atoms with Gasteiger partial charge in [0, 0.05) is 18.6 Å². The third-order valence-electron chi connectivity index (χ3n) is 14.8. The molecule has 1 aromatic carbocycles. The first-order chi connectivity index (χ1) is 21.1. The Bertz CT molecular complexity index is 1250. The van der Waals surface area contributed by atoms with Crippen molar-refractivity contribution in [2.75, 3.05) is 39.4 Å². The molecular weight excluding hydrogens is 544 g/mol. The number of carboxylic acids is 1. The summed E-state index contributed by atoms with van der Waals surface area (Å²) in [6.07, 6.45) is 17.6. The van der Waals surface area contributed by atoms with Crippen LogP contribution in [0.1, 0.15) is 114 Å². The van der Waals surface area contributed by atoms with E-state index < -0.39 is 5.97 Å². The zero-order chi connectivity index (χ0) is 30.7. The van der Waals surface area contributed by atoms with Gasteiger partial charge in [-0.25, -0.2) is 4.79 Å². The van der Waals surface area contributed by atoms with Crippen LogP contribution >= 0.6 is 0 Å². The summed E-state index contributed by atoms with van der Waals surface area (Å²) in [5.74, 6) is 3.25. The highest BCUT2D eigenvalue weighted by molar-refractivity contribution is 5.88. The molecule has 0 bridgehead atoms. The number of nitrogens with one attached hydrogen (secondary N) is 1. The van der Waals surface area contributed by atoms with Gasteiger partial charge in [-0.2, -0.15) is 0 Å². The Morgan fingerprint density at radius 3 is 2.43 bits per heavy atom. The van der Waals surface area contributed by atoms with Crippen molar-refractivity contribution in [1.82, 2.24) is 10.2 Å². The van der Waals surface area contributed by atoms with Crippen LogP contribution in [0.15, 0.2) is 30.3 Å². The summed E-state index contributed by atoms with van der Waals surface area (Å²) in [6, 6.07) is 7.66. The number of aromatic carboxylic acids is 1. The molecule has 44 heavy (non-hydrogen) atoms. The molecule has 1 heterocycles. The molecule has 4 unspecified atom stereocenters. The van der Waals surface area contributed by atoms with Gasteiger partial charge in [0.15, 0.2) is 0 Å². The van der Waals surface area contributed by atoms with Gasteiger partial charge >= 0.3 is 5.97 Å². The van der Waals surface area contributed by atoms with Crippen LogP contribution in [0.2, 0.25) is 0 Å². The van der Waals surface area contributed by atoms with Gasteiger partial charge in [0.25, 0.3) is 0 Å². The number of morpholine rings is 1. The Morgan fingerprint density at radius 1 is 0.909 bits per heavy atom. The van der Waals surface area contributed by atoms with Crippen LogP contribution in [-0.2, 0) is 4.74 Å². The van der Waals surface area contributed by atoms with Crippen LogP contribution in [0.3, 0.4) is 0 Å². The standard InChI is InChI=1S/C39H58N2O3/c1-36(2)30(27-8-10-28(11-9-27)35(42)43)14-18-38(4)33(36)16-19-37(3)31-15-20-39(40-21-6-22-41-23-25-44-26-24-41)17-5-7-32(39)29(31)12-13-34(37)38/h8-11,14,29,31-34,40H,5-7,12-13,15-26H2,1-4H3,(H,42,43)/t29-,31?,32?,33?,34?,37-,38-,39-/m0/s1. The zero-order valence-corrected chi connectivity index (χ0v) is 28.0. The second-order valence-electron chi connectivity index (χ2n) is 16.9. The molecule has 5 heteroatoms. The molecule has 7 rings (SSSR count). The first-order valence-corrected chi connectivity index (χ1v) is 18.2. The fraction of sp³-hybridized carbons (Fsp3) is 0.769. The van der Waals surface area contributed by atoms with Crippen LogP contribution in [0, 0.1) is 45.8 Å². The number of rotatable bonds is 7. The summed E-state index contributed by atoms with van der Waals surface area (Å²) in [7, 11) is 0. The summed E-state index contributed by atoms with van der Waals surface area (Å²) >= 11 is 0. The average molecular weight is 603 g/mol. The molecule has 1 saturated heterocycles. The number of carbonyl (C=O) groups is 1. The van der Waals surface area contributed by atoms with Crippen molar-refractivity contribution < 1.29 is 14.6 Å². The summed E-state index contributed by atoms with van der Waals surface area (Å²) in [4.78, 5) is 14.1. The summed E-state index contributed by atoms with van der Waals surface area (Å²) in [5, 5.41) is 13.7. The molecule has 5 nitrogen and oxygen atoms in total. The highest BCUT2D eigenvalue weighted by atomic mass is 16.5. The Kier molecular flexibility index (Phi) is 8.10. The minimum atomic E-state index is -0.847. The molecule has 5 fully saturated rings. The lowest BCUT2D eigenvalue weighted by atomic mass is 9.37. The molecule has 242 valence electrons. The van der Waals surface area contributed by atoms with Gasteiger partial charge in [0.2, 0.25) is 0 Å². The Labute approximate surface area is 266 Å². The van der Waals surface area contributed by atoms with E-state index in [1.807, 2.05) is 12.1 Å². The topological polar surface area (TPSA) is 61.8 Å². The molecular formula is C39H58N2O3. The lowest BCUT2D eigenvalue weighted by molar-refractivity contribution is -0.172. The maximum atomic E-state index is 11.5. The van der Waals surface area contributed by atoms with Crippen molar-refractivity contribution in [2.45, 2.75) is 104 Å². The van der Waals surface area contributed by atoms with Gasteiger partial charge in [-0.05, 0) is 146 Å². The normalized spacial score (nSPS) is 41.5. The first-order valence-electron chi connectivity index (χ1n) is 18.2. The number of ether oxygens (including phenoxy) is 1. The molecule has 5 aliphatic carbocycles. The van der Waals surface area contributed by atoms with Crippen molar-refractivity contribution in [3.63, 3.8) is 0 Å². The van der Waals surface area contributed by atoms with Gasteiger partial charge in [0.1, 0.15) is 0 Å². The largest absolute Gasteiger partial charge is 0.478 e. The van der Waals surface area contributed by atoms with Crippen LogP contribution in [-0.4, -0.2) is 60.9 Å². The summed E-state index contributed by atoms with van der Waals surface area (Å²) in [5.41, 5.74) is 4.27. The van der Waals surface area contributed by atoms with E-state index >= 15 is 0 Å². The summed E-state index contributed by atoms with van der Waals surface area (Å²) < 4.78 is 5.56. The molecule has 6 aliphatic rings. The summed E-state index contributed by atoms with van der Waals surface area (Å²) in [6.45, 7) is 16.8. The van der Waals surface area contributed by atoms with E-state index in [-0.39, 0.29) is 5.41 Å². The minimum absolute atomic E-state index is 0.0776. The third kappa shape index (κ3) is 4.94. The van der Waals surface area contributed by atoms with Crippen LogP contribution < -0.4 is 5.32 Å². The van der Waals surface area contributed by atoms with E-state index in [0.29, 0.717) is 27.9 Å². The Morgan fingerprint density at radius 2 is 1.68 bits per heavy atom. The number of nitrogens with zero attached hydrogens (tertiary/aromatic N) is 1. The molecule has 1 aromatic rings. The van der Waals surface area contributed by atoms with Crippen LogP contribution in [0.4, 0.5) is 0 Å². The molecule has 2 N–H and O–H groups in total. The van der Waals surface area contributed by atoms with Gasteiger partial charge in [-0.15, -0.1) is 0 Å². The van der Waals surface area contributed by atoms with E-state index in [4.69, 9.17) is 4.74 Å². The second kappa shape index (κ2) is 11.5. The molecule has 0 spiro atoms. The van der Waals surface area contributed by atoms with Crippen molar-refractivity contribution in [2.24, 2.45) is 45.8 Å². The molecule has 1 aliphatic heterocycles. The molecule has 8 atom stereocenters. The highest BCUT2D eigenvalue weighted by Crippen LogP contribution is 2.72. The van der Waals surface area contributed by atoms with Gasteiger partial charge in [-0.1, -0.05) is 52.3 Å². The van der Waals surface area contributed by atoms with Gasteiger partial charge in [-0.3, -0.25) is 4.90 Å². The number of fused-ring (bicyclic) bond motifs is 7. The monoisotopic (exact) mass is 602 g/mol. The van der Waals surface area contributed by atoms with Crippen molar-refractivity contribution in [3.05, 3.63) is 41.5 Å². The van der Waals surface area contributed by atoms with E-state index in [1.54, 1.807) is 12.1 Å². The number of allylic oxidation sites excluding steroid dienone is 2. The van der Waals surface area contributed by atoms with Gasteiger partial charge in [0.05, 0.1) is 18.8 Å². The first kappa shape index (κ1) is 30.9. The lowest BCUT2D eigenvalue weighted by Crippen LogP contribution is -2.63. The number of carboxylic acid groups (broad SMARTS) is 1. The second-order valence-corrected chi connectivity index (χ2v) is 16.9. The quantitative estimate of drug-likeness (QED) is 0.311. The fourth-order valence-corrected chi connectivity index (χ4v) is 12.9. The zero-order valence-electron chi connectivity index (χ0n) is 28.0. The predicted molar refractivity (Wildman–Crippen MR) is 178 cm³/mol. The maximum Gasteiger partial charge on any atom is 0.335 e. The van der Waals surface area contributed by atoms with Crippen molar-refractivity contribution in [3.8, 4) is 0 Å². The van der Waals surface area contributed by atoms with Crippen molar-refractivity contribution in [1.29, 1.82) is 0 Å². The SMILES string of the molecule is CC1(C)C(c2ccc(C(=O)O)cc2)=CC[C@@]2(C)C1CC[C@@]1(C)C3CC[C@@]4(NCCCN5CCOCC5)CCCC4[C@H]3CCC12. The van der Waals surface area contributed by atoms with Gasteiger partial charge < -0.3 is 15.2 Å². The predicted octanol–water partition coefficient (Wildman–Crippen LogP) is 7.91. The molecule has 0 radical (unpaired) electrons. The minimum Gasteiger partial charge on any atom is -0.478 e. The lowest BCUT2D eigenvalue weighted by Gasteiger charge is -2.68. The number of hydrogen-bond acceptors (Lipinski definition) is 4.